The molecule has 2 amide bonds. The van der Waals surface area contributed by atoms with Crippen molar-refractivity contribution in [1.29, 1.82) is 0 Å². The smallest absolute Gasteiger partial charge is 0.322 e. The molecule has 0 aliphatic carbocycles. The first-order valence-electron chi connectivity index (χ1n) is 6.61. The van der Waals surface area contributed by atoms with E-state index < -0.39 is 5.82 Å². The van der Waals surface area contributed by atoms with Gasteiger partial charge in [-0.15, -0.1) is 0 Å². The van der Waals surface area contributed by atoms with E-state index in [1.165, 1.54) is 13.2 Å². The Morgan fingerprint density at radius 2 is 2.30 bits per heavy atom. The number of rotatable bonds is 2. The maximum atomic E-state index is 13.8. The first-order chi connectivity index (χ1) is 9.63. The predicted molar refractivity (Wildman–Crippen MR) is 80.1 cm³/mol. The van der Waals surface area contributed by atoms with Gasteiger partial charge in [0.05, 0.1) is 7.11 Å². The van der Waals surface area contributed by atoms with Crippen molar-refractivity contribution in [2.45, 2.75) is 19.4 Å². The number of anilines is 1. The summed E-state index contributed by atoms with van der Waals surface area (Å²) in [6.45, 7) is 2.69. The number of nitrogens with zero attached hydrogens (tertiary/aromatic N) is 1. The summed E-state index contributed by atoms with van der Waals surface area (Å²) >= 11 is 1.84. The van der Waals surface area contributed by atoms with Crippen LogP contribution in [0.4, 0.5) is 14.9 Å². The van der Waals surface area contributed by atoms with E-state index in [0.29, 0.717) is 12.3 Å². The van der Waals surface area contributed by atoms with Crippen LogP contribution < -0.4 is 10.1 Å². The number of benzene rings is 1. The highest BCUT2D eigenvalue weighted by Gasteiger charge is 2.23. The van der Waals surface area contributed by atoms with Gasteiger partial charge in [0.1, 0.15) is 11.4 Å². The van der Waals surface area contributed by atoms with Crippen LogP contribution in [-0.4, -0.2) is 42.1 Å². The minimum atomic E-state index is -0.491. The first kappa shape index (κ1) is 15.0. The fraction of sp³-hybridized carbons (Fsp3) is 0.500. The van der Waals surface area contributed by atoms with Crippen molar-refractivity contribution < 1.29 is 13.9 Å². The Morgan fingerprint density at radius 3 is 3.05 bits per heavy atom. The average Bonchev–Trinajstić information content (AvgIpc) is 2.65. The second-order valence-electron chi connectivity index (χ2n) is 4.69. The standard InChI is InChI=1S/C14H19FN2O2S/c1-10-6-8-20-9-7-17(10)14(18)16-13-11(15)4-3-5-12(13)19-2/h3-5,10H,6-9H2,1-2H3,(H,16,18)/t10-/m1/s1. The lowest BCUT2D eigenvalue weighted by Crippen LogP contribution is -2.42. The van der Waals surface area contributed by atoms with Crippen LogP contribution in [0.15, 0.2) is 18.2 Å². The van der Waals surface area contributed by atoms with Crippen molar-refractivity contribution in [1.82, 2.24) is 4.90 Å². The van der Waals surface area contributed by atoms with Crippen molar-refractivity contribution in [2.24, 2.45) is 0 Å². The Hall–Kier alpha value is -1.43. The molecule has 0 radical (unpaired) electrons. The lowest BCUT2D eigenvalue weighted by molar-refractivity contribution is 0.196. The van der Waals surface area contributed by atoms with Gasteiger partial charge in [0.25, 0.3) is 0 Å². The van der Waals surface area contributed by atoms with Crippen LogP contribution in [0.2, 0.25) is 0 Å². The van der Waals surface area contributed by atoms with Gasteiger partial charge in [0.2, 0.25) is 0 Å². The molecule has 0 saturated carbocycles. The largest absolute Gasteiger partial charge is 0.494 e. The van der Waals surface area contributed by atoms with Crippen molar-refractivity contribution in [3.8, 4) is 5.75 Å². The van der Waals surface area contributed by atoms with E-state index in [1.54, 1.807) is 17.0 Å². The Bertz CT molecular complexity index is 484. The van der Waals surface area contributed by atoms with Crippen molar-refractivity contribution in [2.75, 3.05) is 30.5 Å². The predicted octanol–water partition coefficient (Wildman–Crippen LogP) is 3.19. The first-order valence-corrected chi connectivity index (χ1v) is 7.77. The van der Waals surface area contributed by atoms with Gasteiger partial charge in [-0.05, 0) is 31.2 Å². The number of carbonyl (C=O) groups excluding carboxylic acids is 1. The molecule has 1 saturated heterocycles. The number of urea groups is 1. The highest BCUT2D eigenvalue weighted by Crippen LogP contribution is 2.28. The van der Waals surface area contributed by atoms with Gasteiger partial charge in [-0.25, -0.2) is 9.18 Å². The molecule has 4 nitrogen and oxygen atoms in total. The lowest BCUT2D eigenvalue weighted by atomic mass is 10.2. The third-order valence-corrected chi connectivity index (χ3v) is 4.37. The number of amides is 2. The molecule has 1 atom stereocenters. The van der Waals surface area contributed by atoms with Gasteiger partial charge in [0, 0.05) is 18.3 Å². The van der Waals surface area contributed by atoms with E-state index in [1.807, 2.05) is 18.7 Å². The molecule has 20 heavy (non-hydrogen) atoms. The van der Waals surface area contributed by atoms with Crippen molar-refractivity contribution in [3.05, 3.63) is 24.0 Å². The molecule has 1 aliphatic rings. The number of halogens is 1. The van der Waals surface area contributed by atoms with E-state index in [0.717, 1.165) is 17.9 Å². The van der Waals surface area contributed by atoms with Gasteiger partial charge in [-0.3, -0.25) is 0 Å². The molecule has 1 aromatic carbocycles. The molecule has 1 N–H and O–H groups in total. The molecule has 6 heteroatoms. The van der Waals surface area contributed by atoms with Crippen molar-refractivity contribution in [3.63, 3.8) is 0 Å². The average molecular weight is 298 g/mol. The van der Waals surface area contributed by atoms with Crippen LogP contribution in [-0.2, 0) is 0 Å². The Kier molecular flexibility index (Phi) is 5.11. The summed E-state index contributed by atoms with van der Waals surface area (Å²) in [6.07, 6.45) is 0.951. The molecule has 1 aliphatic heterocycles. The Morgan fingerprint density at radius 1 is 1.50 bits per heavy atom. The van der Waals surface area contributed by atoms with Gasteiger partial charge in [-0.2, -0.15) is 11.8 Å². The van der Waals surface area contributed by atoms with Crippen LogP contribution in [0.5, 0.6) is 5.75 Å². The van der Waals surface area contributed by atoms with Gasteiger partial charge < -0.3 is 15.0 Å². The third-order valence-electron chi connectivity index (χ3n) is 3.38. The monoisotopic (exact) mass is 298 g/mol. The molecule has 0 unspecified atom stereocenters. The van der Waals surface area contributed by atoms with E-state index in [4.69, 9.17) is 4.74 Å². The Labute approximate surface area is 122 Å². The van der Waals surface area contributed by atoms with Crippen LogP contribution in [0.25, 0.3) is 0 Å². The number of carbonyl (C=O) groups is 1. The number of hydrogen-bond acceptors (Lipinski definition) is 3. The lowest BCUT2D eigenvalue weighted by Gasteiger charge is -2.27. The number of nitrogens with one attached hydrogen (secondary N) is 1. The van der Waals surface area contributed by atoms with Gasteiger partial charge in [-0.1, -0.05) is 6.07 Å². The molecular weight excluding hydrogens is 279 g/mol. The number of para-hydroxylation sites is 1. The maximum Gasteiger partial charge on any atom is 0.322 e. The summed E-state index contributed by atoms with van der Waals surface area (Å²) in [5, 5.41) is 2.64. The molecular formula is C14H19FN2O2S. The number of hydrogen-bond donors (Lipinski definition) is 1. The molecule has 1 heterocycles. The summed E-state index contributed by atoms with van der Waals surface area (Å²) in [7, 11) is 1.45. The summed E-state index contributed by atoms with van der Waals surface area (Å²) in [4.78, 5) is 14.1. The van der Waals surface area contributed by atoms with E-state index in [9.17, 15) is 9.18 Å². The molecule has 110 valence electrons. The zero-order chi connectivity index (χ0) is 14.5. The van der Waals surface area contributed by atoms with Crippen molar-refractivity contribution >= 4 is 23.5 Å². The minimum absolute atomic E-state index is 0.101. The van der Waals surface area contributed by atoms with E-state index in [-0.39, 0.29) is 17.8 Å². The highest BCUT2D eigenvalue weighted by atomic mass is 32.2. The fourth-order valence-electron chi connectivity index (χ4n) is 2.17. The zero-order valence-corrected chi connectivity index (χ0v) is 12.5. The van der Waals surface area contributed by atoms with Crippen LogP contribution in [0.1, 0.15) is 13.3 Å². The van der Waals surface area contributed by atoms with E-state index >= 15 is 0 Å². The quantitative estimate of drug-likeness (QED) is 0.911. The number of thioether (sulfide) groups is 1. The molecule has 0 aromatic heterocycles. The SMILES string of the molecule is COc1cccc(F)c1NC(=O)N1CCSCC[C@H]1C. The molecule has 0 spiro atoms. The summed E-state index contributed by atoms with van der Waals surface area (Å²) in [5.74, 6) is 1.80. The number of ether oxygens (including phenoxy) is 1. The minimum Gasteiger partial charge on any atom is -0.494 e. The van der Waals surface area contributed by atoms with Crippen LogP contribution >= 0.6 is 11.8 Å². The topological polar surface area (TPSA) is 41.6 Å². The summed E-state index contributed by atoms with van der Waals surface area (Å²) in [6, 6.07) is 4.36. The summed E-state index contributed by atoms with van der Waals surface area (Å²) < 4.78 is 18.9. The van der Waals surface area contributed by atoms with Crippen LogP contribution in [0, 0.1) is 5.82 Å². The fourth-order valence-corrected chi connectivity index (χ4v) is 3.21. The molecule has 0 bridgehead atoms. The number of methoxy groups -OCH3 is 1. The Balaban J connectivity index is 2.14. The van der Waals surface area contributed by atoms with Gasteiger partial charge in [0.15, 0.2) is 5.82 Å². The van der Waals surface area contributed by atoms with Gasteiger partial charge >= 0.3 is 6.03 Å². The molecule has 1 fully saturated rings. The maximum absolute atomic E-state index is 13.8. The van der Waals surface area contributed by atoms with Crippen LogP contribution in [0.3, 0.4) is 0 Å². The molecule has 2 rings (SSSR count). The normalized spacial score (nSPS) is 19.4. The van der Waals surface area contributed by atoms with E-state index in [2.05, 4.69) is 5.32 Å². The second-order valence-corrected chi connectivity index (χ2v) is 5.92. The molecule has 1 aromatic rings. The zero-order valence-electron chi connectivity index (χ0n) is 11.7. The highest BCUT2D eigenvalue weighted by molar-refractivity contribution is 7.99. The summed E-state index contributed by atoms with van der Waals surface area (Å²) in [5.41, 5.74) is 0.101. The third kappa shape index (κ3) is 3.36. The second kappa shape index (κ2) is 6.83.